The number of amides is 1. The van der Waals surface area contributed by atoms with Crippen molar-refractivity contribution in [1.29, 1.82) is 0 Å². The first-order valence-corrected chi connectivity index (χ1v) is 10.3. The topological polar surface area (TPSA) is 58.1 Å². The number of nitrogens with zero attached hydrogens (tertiary/aromatic N) is 3. The maximum Gasteiger partial charge on any atom is 0.226 e. The Morgan fingerprint density at radius 1 is 1.22 bits per heavy atom. The monoisotopic (exact) mass is 378 g/mol. The molecule has 3 aliphatic rings. The van der Waals surface area contributed by atoms with Crippen molar-refractivity contribution in [2.24, 2.45) is 5.92 Å². The van der Waals surface area contributed by atoms with E-state index < -0.39 is 0 Å². The molecule has 1 aromatic carbocycles. The largest absolute Gasteiger partial charge is 0.351 e. The van der Waals surface area contributed by atoms with Crippen molar-refractivity contribution in [1.82, 2.24) is 19.6 Å². The zero-order valence-electron chi connectivity index (χ0n) is 15.1. The number of carbonyl (C=O) groups excluding carboxylic acids is 1. The Kier molecular flexibility index (Phi) is 4.38. The lowest BCUT2D eigenvalue weighted by Gasteiger charge is -2.44. The number of hydrogen-bond acceptors (Lipinski definition) is 5. The van der Waals surface area contributed by atoms with Crippen LogP contribution in [0.5, 0.6) is 0 Å². The number of fused-ring (bicyclic) bond motifs is 4. The van der Waals surface area contributed by atoms with Gasteiger partial charge in [0.15, 0.2) is 0 Å². The second-order valence-electron chi connectivity index (χ2n) is 7.57. The Labute approximate surface area is 162 Å². The number of rotatable bonds is 4. The third-order valence-corrected chi connectivity index (χ3v) is 6.72. The van der Waals surface area contributed by atoms with Crippen LogP contribution < -0.4 is 5.32 Å². The van der Waals surface area contributed by atoms with Gasteiger partial charge in [0.05, 0.1) is 16.8 Å². The number of nitrogens with one attached hydrogen (secondary N) is 1. The van der Waals surface area contributed by atoms with Crippen LogP contribution in [0.1, 0.15) is 18.5 Å². The van der Waals surface area contributed by atoms with E-state index in [4.69, 9.17) is 0 Å². The number of piperidine rings is 3. The van der Waals surface area contributed by atoms with Crippen molar-refractivity contribution >= 4 is 27.5 Å². The number of carbonyl (C=O) groups is 1. The molecular formula is C21H22N4OS. The van der Waals surface area contributed by atoms with Gasteiger partial charge >= 0.3 is 0 Å². The highest BCUT2D eigenvalue weighted by molar-refractivity contribution is 7.13. The van der Waals surface area contributed by atoms with Gasteiger partial charge in [0.2, 0.25) is 5.91 Å². The molecule has 0 saturated carbocycles. The molecule has 0 spiro atoms. The summed E-state index contributed by atoms with van der Waals surface area (Å²) in [4.78, 5) is 19.3. The highest BCUT2D eigenvalue weighted by Crippen LogP contribution is 2.30. The molecule has 0 radical (unpaired) electrons. The minimum atomic E-state index is 0.0947. The molecule has 6 heteroatoms. The summed E-state index contributed by atoms with van der Waals surface area (Å²) in [5, 5.41) is 4.35. The van der Waals surface area contributed by atoms with Gasteiger partial charge in [-0.25, -0.2) is 0 Å². The van der Waals surface area contributed by atoms with E-state index in [-0.39, 0.29) is 5.91 Å². The van der Waals surface area contributed by atoms with Gasteiger partial charge in [0, 0.05) is 35.9 Å². The van der Waals surface area contributed by atoms with Gasteiger partial charge in [-0.2, -0.15) is 4.37 Å². The second kappa shape index (κ2) is 7.02. The molecule has 3 saturated heterocycles. The molecule has 1 amide bonds. The lowest BCUT2D eigenvalue weighted by Crippen LogP contribution is -2.57. The standard InChI is InChI=1S/C21H22N4OS/c26-21(23-19-13-25-8-5-14(19)6-9-25)11-18-17-4-3-15(10-20(17)27-24-18)16-2-1-7-22-12-16/h1-4,7,10,12,14,19H,5-6,8-9,11,13H2,(H,23,26)/t19-/m0/s1. The third kappa shape index (κ3) is 3.35. The minimum absolute atomic E-state index is 0.0947. The van der Waals surface area contributed by atoms with Gasteiger partial charge in [0.25, 0.3) is 0 Å². The maximum absolute atomic E-state index is 12.6. The molecule has 0 unspecified atom stereocenters. The normalized spacial score (nSPS) is 24.2. The Morgan fingerprint density at radius 2 is 2.11 bits per heavy atom. The molecule has 3 aromatic rings. The predicted octanol–water partition coefficient (Wildman–Crippen LogP) is 3.11. The van der Waals surface area contributed by atoms with E-state index in [9.17, 15) is 4.79 Å². The van der Waals surface area contributed by atoms with Crippen molar-refractivity contribution in [3.8, 4) is 11.1 Å². The molecule has 6 rings (SSSR count). The van der Waals surface area contributed by atoms with E-state index in [1.165, 1.54) is 37.5 Å². The van der Waals surface area contributed by atoms with Crippen molar-refractivity contribution in [2.75, 3.05) is 19.6 Å². The summed E-state index contributed by atoms with van der Waals surface area (Å²) in [5.41, 5.74) is 3.10. The molecule has 2 aromatic heterocycles. The molecule has 0 aliphatic carbocycles. The molecule has 2 bridgehead atoms. The molecule has 138 valence electrons. The van der Waals surface area contributed by atoms with Crippen molar-refractivity contribution in [2.45, 2.75) is 25.3 Å². The molecule has 1 atom stereocenters. The maximum atomic E-state index is 12.6. The van der Waals surface area contributed by atoms with Crippen molar-refractivity contribution < 1.29 is 4.79 Å². The SMILES string of the molecule is O=C(Cc1nsc2cc(-c3cccnc3)ccc12)N[C@H]1CN2CCC1CC2. The summed E-state index contributed by atoms with van der Waals surface area (Å²) in [5.74, 6) is 0.741. The van der Waals surface area contributed by atoms with Crippen molar-refractivity contribution in [3.05, 3.63) is 48.4 Å². The number of aromatic nitrogens is 2. The Morgan fingerprint density at radius 3 is 2.85 bits per heavy atom. The first kappa shape index (κ1) is 16.8. The van der Waals surface area contributed by atoms with Crippen LogP contribution in [0.4, 0.5) is 0 Å². The van der Waals surface area contributed by atoms with E-state index >= 15 is 0 Å². The first-order chi connectivity index (χ1) is 13.3. The van der Waals surface area contributed by atoms with Crippen LogP contribution >= 0.6 is 11.5 Å². The number of hydrogen-bond donors (Lipinski definition) is 1. The van der Waals surface area contributed by atoms with Crippen LogP contribution in [-0.4, -0.2) is 45.8 Å². The molecule has 5 heterocycles. The third-order valence-electron chi connectivity index (χ3n) is 5.87. The summed E-state index contributed by atoms with van der Waals surface area (Å²) in [7, 11) is 0. The minimum Gasteiger partial charge on any atom is -0.351 e. The molecular weight excluding hydrogens is 356 g/mol. The zero-order valence-corrected chi connectivity index (χ0v) is 15.9. The fourth-order valence-electron chi connectivity index (χ4n) is 4.37. The highest BCUT2D eigenvalue weighted by Gasteiger charge is 2.34. The van der Waals surface area contributed by atoms with Gasteiger partial charge in [-0.15, -0.1) is 0 Å². The van der Waals surface area contributed by atoms with Gasteiger partial charge in [0.1, 0.15) is 0 Å². The number of pyridine rings is 1. The second-order valence-corrected chi connectivity index (χ2v) is 8.38. The van der Waals surface area contributed by atoms with Crippen LogP contribution in [0, 0.1) is 5.92 Å². The van der Waals surface area contributed by atoms with E-state index in [1.54, 1.807) is 6.20 Å². The van der Waals surface area contributed by atoms with E-state index in [0.29, 0.717) is 18.4 Å². The van der Waals surface area contributed by atoms with E-state index in [1.807, 2.05) is 12.3 Å². The summed E-state index contributed by atoms with van der Waals surface area (Å²) < 4.78 is 5.68. The van der Waals surface area contributed by atoms with Crippen LogP contribution in [0.15, 0.2) is 42.7 Å². The van der Waals surface area contributed by atoms with Crippen LogP contribution in [0.2, 0.25) is 0 Å². The average molecular weight is 379 g/mol. The zero-order chi connectivity index (χ0) is 18.2. The van der Waals surface area contributed by atoms with E-state index in [0.717, 1.165) is 33.5 Å². The summed E-state index contributed by atoms with van der Waals surface area (Å²) in [6.07, 6.45) is 6.42. The lowest BCUT2D eigenvalue weighted by molar-refractivity contribution is -0.122. The summed E-state index contributed by atoms with van der Waals surface area (Å²) >= 11 is 1.46. The Balaban J connectivity index is 1.31. The molecule has 3 aliphatic heterocycles. The van der Waals surface area contributed by atoms with Crippen molar-refractivity contribution in [3.63, 3.8) is 0 Å². The van der Waals surface area contributed by atoms with E-state index in [2.05, 4.69) is 43.8 Å². The molecule has 5 nitrogen and oxygen atoms in total. The van der Waals surface area contributed by atoms with Crippen LogP contribution in [0.25, 0.3) is 21.2 Å². The first-order valence-electron chi connectivity index (χ1n) is 9.57. The average Bonchev–Trinajstić information content (AvgIpc) is 3.11. The smallest absolute Gasteiger partial charge is 0.226 e. The number of benzene rings is 1. The van der Waals surface area contributed by atoms with Gasteiger partial charge in [-0.3, -0.25) is 9.78 Å². The Bertz CT molecular complexity index is 963. The molecule has 27 heavy (non-hydrogen) atoms. The molecule has 1 N–H and O–H groups in total. The summed E-state index contributed by atoms with van der Waals surface area (Å²) in [6, 6.07) is 10.6. The lowest BCUT2D eigenvalue weighted by atomic mass is 9.84. The van der Waals surface area contributed by atoms with Crippen LogP contribution in [-0.2, 0) is 11.2 Å². The van der Waals surface area contributed by atoms with Gasteiger partial charge in [-0.05, 0) is 61.1 Å². The quantitative estimate of drug-likeness (QED) is 0.758. The van der Waals surface area contributed by atoms with Gasteiger partial charge < -0.3 is 10.2 Å². The fraction of sp³-hybridized carbons (Fsp3) is 0.381. The van der Waals surface area contributed by atoms with Gasteiger partial charge in [-0.1, -0.05) is 18.2 Å². The molecule has 3 fully saturated rings. The Hall–Kier alpha value is -2.31. The van der Waals surface area contributed by atoms with Crippen LogP contribution in [0.3, 0.4) is 0 Å². The fourth-order valence-corrected chi connectivity index (χ4v) is 5.20. The summed E-state index contributed by atoms with van der Waals surface area (Å²) in [6.45, 7) is 3.38. The highest BCUT2D eigenvalue weighted by atomic mass is 32.1. The predicted molar refractivity (Wildman–Crippen MR) is 108 cm³/mol.